The van der Waals surface area contributed by atoms with Crippen LogP contribution in [-0.2, 0) is 24.8 Å². The highest BCUT2D eigenvalue weighted by Gasteiger charge is 2.35. The number of hydrogen-bond acceptors (Lipinski definition) is 5. The predicted molar refractivity (Wildman–Crippen MR) is 104 cm³/mol. The van der Waals surface area contributed by atoms with Gasteiger partial charge in [-0.2, -0.15) is 0 Å². The zero-order chi connectivity index (χ0) is 19.0. The Morgan fingerprint density at radius 3 is 2.89 bits per heavy atom. The molecule has 0 radical (unpaired) electrons. The number of piperidine rings is 1. The van der Waals surface area contributed by atoms with Crippen molar-refractivity contribution in [2.24, 2.45) is 12.5 Å². The standard InChI is InChI=1S/C20H25N3O3S/c1-20(9-14-4-5-16-17(8-14)26-13-25-16)7-6-18(24)23(12-20)11-15-10-21-19(27-3)22(15)2/h4-5,8,10H,6-7,9,11-13H2,1-3H3/t20-/m1/s1. The van der Waals surface area contributed by atoms with E-state index in [2.05, 4.69) is 28.6 Å². The van der Waals surface area contributed by atoms with Crippen molar-refractivity contribution in [2.45, 2.75) is 37.9 Å². The van der Waals surface area contributed by atoms with E-state index >= 15 is 0 Å². The van der Waals surface area contributed by atoms with Gasteiger partial charge in [-0.15, -0.1) is 0 Å². The molecule has 1 aromatic carbocycles. The molecule has 27 heavy (non-hydrogen) atoms. The van der Waals surface area contributed by atoms with Crippen LogP contribution in [0.2, 0.25) is 0 Å². The van der Waals surface area contributed by atoms with E-state index in [9.17, 15) is 4.79 Å². The van der Waals surface area contributed by atoms with Crippen LogP contribution < -0.4 is 9.47 Å². The first-order chi connectivity index (χ1) is 13.0. The molecule has 3 heterocycles. The molecule has 0 unspecified atom stereocenters. The summed E-state index contributed by atoms with van der Waals surface area (Å²) in [6.45, 7) is 3.92. The number of imidazole rings is 1. The number of ether oxygens (including phenoxy) is 2. The van der Waals surface area contributed by atoms with Crippen molar-refractivity contribution in [2.75, 3.05) is 19.6 Å². The second kappa shape index (κ2) is 7.11. The molecular formula is C20H25N3O3S. The number of fused-ring (bicyclic) bond motifs is 1. The van der Waals surface area contributed by atoms with E-state index in [0.717, 1.165) is 41.7 Å². The fourth-order valence-electron chi connectivity index (χ4n) is 3.98. The molecule has 4 rings (SSSR count). The summed E-state index contributed by atoms with van der Waals surface area (Å²) in [5.41, 5.74) is 2.34. The molecule has 2 aliphatic heterocycles. The molecule has 0 aliphatic carbocycles. The third-order valence-electron chi connectivity index (χ3n) is 5.51. The minimum Gasteiger partial charge on any atom is -0.454 e. The van der Waals surface area contributed by atoms with Crippen LogP contribution in [0.3, 0.4) is 0 Å². The predicted octanol–water partition coefficient (Wildman–Crippen LogP) is 3.24. The van der Waals surface area contributed by atoms with E-state index < -0.39 is 0 Å². The Hall–Kier alpha value is -2.15. The van der Waals surface area contributed by atoms with Gasteiger partial charge in [-0.25, -0.2) is 4.98 Å². The smallest absolute Gasteiger partial charge is 0.231 e. The Bertz CT molecular complexity index is 866. The van der Waals surface area contributed by atoms with Gasteiger partial charge in [0.2, 0.25) is 12.7 Å². The number of carbonyl (C=O) groups excluding carboxylic acids is 1. The quantitative estimate of drug-likeness (QED) is 0.737. The highest BCUT2D eigenvalue weighted by atomic mass is 32.2. The number of amides is 1. The van der Waals surface area contributed by atoms with E-state index in [0.29, 0.717) is 19.8 Å². The Morgan fingerprint density at radius 2 is 2.11 bits per heavy atom. The van der Waals surface area contributed by atoms with Crippen LogP contribution in [0.25, 0.3) is 0 Å². The van der Waals surface area contributed by atoms with Gasteiger partial charge in [-0.05, 0) is 42.2 Å². The summed E-state index contributed by atoms with van der Waals surface area (Å²) in [5.74, 6) is 1.86. The highest BCUT2D eigenvalue weighted by Crippen LogP contribution is 2.38. The molecular weight excluding hydrogens is 362 g/mol. The van der Waals surface area contributed by atoms with Gasteiger partial charge < -0.3 is 18.9 Å². The van der Waals surface area contributed by atoms with E-state index in [1.165, 1.54) is 5.56 Å². The molecule has 0 spiro atoms. The first kappa shape index (κ1) is 18.2. The van der Waals surface area contributed by atoms with Gasteiger partial charge in [0.1, 0.15) is 0 Å². The van der Waals surface area contributed by atoms with E-state index in [-0.39, 0.29) is 11.3 Å². The Balaban J connectivity index is 1.48. The van der Waals surface area contributed by atoms with Crippen LogP contribution >= 0.6 is 11.8 Å². The van der Waals surface area contributed by atoms with Gasteiger partial charge in [-0.1, -0.05) is 24.8 Å². The molecule has 0 bridgehead atoms. The number of likely N-dealkylation sites (tertiary alicyclic amines) is 1. The normalized spacial score (nSPS) is 21.7. The minimum atomic E-state index is 0.0442. The number of hydrogen-bond donors (Lipinski definition) is 0. The number of carbonyl (C=O) groups is 1. The van der Waals surface area contributed by atoms with Gasteiger partial charge in [0, 0.05) is 20.0 Å². The second-order valence-electron chi connectivity index (χ2n) is 7.72. The molecule has 0 N–H and O–H groups in total. The van der Waals surface area contributed by atoms with E-state index in [4.69, 9.17) is 9.47 Å². The molecule has 2 aliphatic rings. The average molecular weight is 388 g/mol. The van der Waals surface area contributed by atoms with Gasteiger partial charge in [0.05, 0.1) is 18.4 Å². The summed E-state index contributed by atoms with van der Waals surface area (Å²) in [7, 11) is 2.01. The van der Waals surface area contributed by atoms with Crippen molar-refractivity contribution in [1.82, 2.24) is 14.5 Å². The van der Waals surface area contributed by atoms with Gasteiger partial charge in [0.15, 0.2) is 16.7 Å². The lowest BCUT2D eigenvalue weighted by molar-refractivity contribution is -0.138. The molecule has 0 saturated carbocycles. The summed E-state index contributed by atoms with van der Waals surface area (Å²) in [4.78, 5) is 18.9. The second-order valence-corrected chi connectivity index (χ2v) is 8.49. The minimum absolute atomic E-state index is 0.0442. The van der Waals surface area contributed by atoms with E-state index in [1.54, 1.807) is 11.8 Å². The summed E-state index contributed by atoms with van der Waals surface area (Å²) in [6.07, 6.45) is 6.30. The summed E-state index contributed by atoms with van der Waals surface area (Å²) in [6, 6.07) is 6.15. The maximum atomic E-state index is 12.5. The molecule has 6 nitrogen and oxygen atoms in total. The number of benzene rings is 1. The summed E-state index contributed by atoms with van der Waals surface area (Å²) < 4.78 is 13.0. The molecule has 2 aromatic rings. The Kier molecular flexibility index (Phi) is 4.80. The summed E-state index contributed by atoms with van der Waals surface area (Å²) in [5, 5.41) is 0.970. The lowest BCUT2D eigenvalue weighted by Crippen LogP contribution is -2.45. The topological polar surface area (TPSA) is 56.6 Å². The van der Waals surface area contributed by atoms with Crippen molar-refractivity contribution in [1.29, 1.82) is 0 Å². The van der Waals surface area contributed by atoms with Gasteiger partial charge in [-0.3, -0.25) is 4.79 Å². The average Bonchev–Trinajstić information content (AvgIpc) is 3.25. The van der Waals surface area contributed by atoms with Crippen molar-refractivity contribution in [3.63, 3.8) is 0 Å². The summed E-state index contributed by atoms with van der Waals surface area (Å²) >= 11 is 1.62. The Labute approximate surface area is 163 Å². The number of aromatic nitrogens is 2. The molecule has 7 heteroatoms. The first-order valence-electron chi connectivity index (χ1n) is 9.18. The third kappa shape index (κ3) is 3.65. The zero-order valence-electron chi connectivity index (χ0n) is 16.0. The molecule has 1 amide bonds. The maximum absolute atomic E-state index is 12.5. The van der Waals surface area contributed by atoms with Crippen LogP contribution in [0.1, 0.15) is 31.0 Å². The number of thioether (sulfide) groups is 1. The molecule has 1 atom stereocenters. The largest absolute Gasteiger partial charge is 0.454 e. The van der Waals surface area contributed by atoms with E-state index in [1.807, 2.05) is 30.5 Å². The molecule has 1 saturated heterocycles. The third-order valence-corrected chi connectivity index (χ3v) is 6.26. The SMILES string of the molecule is CSc1ncc(CN2C[C@@](C)(Cc3ccc4c(c3)OCO4)CCC2=O)n1C. The van der Waals surface area contributed by atoms with Crippen molar-refractivity contribution in [3.05, 3.63) is 35.7 Å². The maximum Gasteiger partial charge on any atom is 0.231 e. The first-order valence-corrected chi connectivity index (χ1v) is 10.4. The number of rotatable bonds is 5. The monoisotopic (exact) mass is 387 g/mol. The van der Waals surface area contributed by atoms with Crippen molar-refractivity contribution in [3.8, 4) is 11.5 Å². The van der Waals surface area contributed by atoms with Crippen LogP contribution in [0.15, 0.2) is 29.6 Å². The van der Waals surface area contributed by atoms with Gasteiger partial charge >= 0.3 is 0 Å². The highest BCUT2D eigenvalue weighted by molar-refractivity contribution is 7.98. The number of nitrogens with zero attached hydrogens (tertiary/aromatic N) is 3. The molecule has 1 aromatic heterocycles. The van der Waals surface area contributed by atoms with Gasteiger partial charge in [0.25, 0.3) is 0 Å². The van der Waals surface area contributed by atoms with Crippen LogP contribution in [0, 0.1) is 5.41 Å². The van der Waals surface area contributed by atoms with Crippen molar-refractivity contribution < 1.29 is 14.3 Å². The van der Waals surface area contributed by atoms with Crippen molar-refractivity contribution >= 4 is 17.7 Å². The van der Waals surface area contributed by atoms with Crippen LogP contribution in [-0.4, -0.2) is 40.0 Å². The van der Waals surface area contributed by atoms with Crippen LogP contribution in [0.4, 0.5) is 0 Å². The lowest BCUT2D eigenvalue weighted by Gasteiger charge is -2.40. The fourth-order valence-corrected chi connectivity index (χ4v) is 4.53. The lowest BCUT2D eigenvalue weighted by atomic mass is 9.76. The molecule has 1 fully saturated rings. The molecule has 144 valence electrons. The fraction of sp³-hybridized carbons (Fsp3) is 0.500. The Morgan fingerprint density at radius 1 is 1.30 bits per heavy atom. The zero-order valence-corrected chi connectivity index (χ0v) is 16.8. The van der Waals surface area contributed by atoms with Crippen LogP contribution in [0.5, 0.6) is 11.5 Å².